The van der Waals surface area contributed by atoms with Crippen LogP contribution in [0, 0.1) is 0 Å². The van der Waals surface area contributed by atoms with Gasteiger partial charge in [0.15, 0.2) is 0 Å². The minimum atomic E-state index is -4.67. The van der Waals surface area contributed by atoms with E-state index in [9.17, 15) is 4.79 Å². The van der Waals surface area contributed by atoms with Crippen LogP contribution in [-0.4, -0.2) is 34.9 Å². The third kappa shape index (κ3) is 9.85. The molecule has 0 heterocycles. The second-order valence-electron chi connectivity index (χ2n) is 6.93. The van der Waals surface area contributed by atoms with Gasteiger partial charge in [-0.25, -0.2) is 5.43 Å². The van der Waals surface area contributed by atoms with Crippen LogP contribution in [0.2, 0.25) is 10.0 Å². The van der Waals surface area contributed by atoms with Gasteiger partial charge in [-0.1, -0.05) is 59.6 Å². The molecule has 0 unspecified atom stereocenters. The van der Waals surface area contributed by atoms with Gasteiger partial charge in [0.1, 0.15) is 0 Å². The number of anilines is 1. The lowest BCUT2D eigenvalue weighted by Crippen LogP contribution is -2.19. The van der Waals surface area contributed by atoms with Crippen molar-refractivity contribution < 1.29 is 22.3 Å². The van der Waals surface area contributed by atoms with E-state index < -0.39 is 10.4 Å². The van der Waals surface area contributed by atoms with Gasteiger partial charge in [0.2, 0.25) is 0 Å². The number of nitrogens with one attached hydrogen (secondary N) is 2. The second kappa shape index (κ2) is 13.0. The van der Waals surface area contributed by atoms with E-state index in [0.29, 0.717) is 21.3 Å². The summed E-state index contributed by atoms with van der Waals surface area (Å²) in [5.74, 6) is -0.316. The molecule has 0 fully saturated rings. The van der Waals surface area contributed by atoms with E-state index in [4.69, 9.17) is 40.7 Å². The number of nitrogens with zero attached hydrogens (tertiary/aromatic N) is 2. The highest BCUT2D eigenvalue weighted by Crippen LogP contribution is 2.17. The highest BCUT2D eigenvalue weighted by Gasteiger charge is 2.07. The van der Waals surface area contributed by atoms with Crippen molar-refractivity contribution in [2.75, 3.05) is 5.43 Å². The first-order chi connectivity index (χ1) is 16.5. The molecule has 3 aromatic carbocycles. The van der Waals surface area contributed by atoms with Gasteiger partial charge < -0.3 is 0 Å². The Bertz CT molecular complexity index is 1340. The van der Waals surface area contributed by atoms with Gasteiger partial charge in [-0.2, -0.15) is 18.6 Å². The molecule has 3 aromatic rings. The first-order valence-corrected chi connectivity index (χ1v) is 12.1. The van der Waals surface area contributed by atoms with E-state index in [1.54, 1.807) is 37.3 Å². The maximum atomic E-state index is 12.4. The van der Waals surface area contributed by atoms with Crippen molar-refractivity contribution in [3.8, 4) is 0 Å². The zero-order chi connectivity index (χ0) is 26.0. The van der Waals surface area contributed by atoms with Crippen LogP contribution >= 0.6 is 23.2 Å². The lowest BCUT2D eigenvalue weighted by Gasteiger charge is -2.07. The van der Waals surface area contributed by atoms with Gasteiger partial charge in [0, 0.05) is 26.7 Å². The Morgan fingerprint density at radius 1 is 0.771 bits per heavy atom. The topological polar surface area (TPSA) is 140 Å². The van der Waals surface area contributed by atoms with Crippen LogP contribution in [0.4, 0.5) is 5.69 Å². The molecule has 0 bridgehead atoms. The van der Waals surface area contributed by atoms with Crippen LogP contribution in [0.3, 0.4) is 0 Å². The molecule has 0 radical (unpaired) electrons. The third-order valence-corrected chi connectivity index (χ3v) is 5.01. The fourth-order valence-electron chi connectivity index (χ4n) is 2.67. The monoisotopic (exact) mass is 536 g/mol. The van der Waals surface area contributed by atoms with Crippen LogP contribution in [0.1, 0.15) is 35.3 Å². The molecule has 0 aliphatic carbocycles. The van der Waals surface area contributed by atoms with Crippen molar-refractivity contribution in [3.05, 3.63) is 99.5 Å². The van der Waals surface area contributed by atoms with Gasteiger partial charge in [0.25, 0.3) is 5.91 Å². The van der Waals surface area contributed by atoms with Gasteiger partial charge in [0.05, 0.1) is 17.1 Å². The van der Waals surface area contributed by atoms with Crippen molar-refractivity contribution >= 4 is 56.6 Å². The molecule has 0 spiro atoms. The van der Waals surface area contributed by atoms with Crippen molar-refractivity contribution in [2.24, 2.45) is 10.2 Å². The first kappa shape index (κ1) is 28.0. The van der Waals surface area contributed by atoms with E-state index in [1.165, 1.54) is 0 Å². The quantitative estimate of drug-likeness (QED) is 0.190. The maximum absolute atomic E-state index is 12.4. The van der Waals surface area contributed by atoms with E-state index in [-0.39, 0.29) is 5.91 Å². The molecule has 0 saturated heterocycles. The Kier molecular flexibility index (Phi) is 10.4. The molecule has 9 nitrogen and oxygen atoms in total. The smallest absolute Gasteiger partial charge is 0.278 e. The SMILES string of the molecule is C/C(=N/NC(=O)c1ccc(N/N=C(/C)c2ccccc2Cl)cc1)c1ccccc1Cl.O=S(=O)(O)O. The molecule has 4 N–H and O–H groups in total. The Balaban J connectivity index is 0.000000784. The van der Waals surface area contributed by atoms with Crippen LogP contribution in [0.15, 0.2) is 83.0 Å². The molecular formula is C23H22Cl2N4O5S. The van der Waals surface area contributed by atoms with Gasteiger partial charge >= 0.3 is 10.4 Å². The molecular weight excluding hydrogens is 515 g/mol. The predicted octanol–water partition coefficient (Wildman–Crippen LogP) is 5.33. The summed E-state index contributed by atoms with van der Waals surface area (Å²) >= 11 is 12.3. The Labute approximate surface area is 213 Å². The zero-order valence-electron chi connectivity index (χ0n) is 18.6. The summed E-state index contributed by atoms with van der Waals surface area (Å²) in [5.41, 5.74) is 9.74. The molecule has 0 aliphatic rings. The minimum Gasteiger partial charge on any atom is -0.278 e. The van der Waals surface area contributed by atoms with Gasteiger partial charge in [-0.3, -0.25) is 19.3 Å². The normalized spacial score (nSPS) is 11.8. The van der Waals surface area contributed by atoms with Gasteiger partial charge in [-0.15, -0.1) is 0 Å². The molecule has 184 valence electrons. The lowest BCUT2D eigenvalue weighted by molar-refractivity contribution is 0.0955. The number of rotatable bonds is 6. The maximum Gasteiger partial charge on any atom is 0.394 e. The molecule has 0 saturated carbocycles. The largest absolute Gasteiger partial charge is 0.394 e. The number of amides is 1. The third-order valence-electron chi connectivity index (χ3n) is 4.35. The molecule has 0 aliphatic heterocycles. The van der Waals surface area contributed by atoms with Crippen molar-refractivity contribution in [1.29, 1.82) is 0 Å². The van der Waals surface area contributed by atoms with Crippen LogP contribution in [-0.2, 0) is 10.4 Å². The van der Waals surface area contributed by atoms with Crippen molar-refractivity contribution in [1.82, 2.24) is 5.43 Å². The highest BCUT2D eigenvalue weighted by molar-refractivity contribution is 7.79. The molecule has 12 heteroatoms. The number of hydrogen-bond acceptors (Lipinski definition) is 6. The summed E-state index contributed by atoms with van der Waals surface area (Å²) in [4.78, 5) is 12.4. The number of halogens is 2. The number of hydrazone groups is 2. The first-order valence-electron chi connectivity index (χ1n) is 9.90. The zero-order valence-corrected chi connectivity index (χ0v) is 20.9. The number of benzene rings is 3. The van der Waals surface area contributed by atoms with Crippen molar-refractivity contribution in [3.63, 3.8) is 0 Å². The van der Waals surface area contributed by atoms with E-state index in [0.717, 1.165) is 22.5 Å². The van der Waals surface area contributed by atoms with E-state index in [1.807, 2.05) is 49.4 Å². The average molecular weight is 537 g/mol. The molecule has 0 atom stereocenters. The standard InChI is InChI=1S/C23H20Cl2N4O.H2O4S/c1-15(19-7-3-5-9-21(19)24)26-28-18-13-11-17(12-14-18)23(30)29-27-16(2)20-8-4-6-10-22(20)25;1-5(2,3)4/h3-14,28H,1-2H3,(H,29,30);(H2,1,2,3,4)/b26-15-,27-16-;. The summed E-state index contributed by atoms with van der Waals surface area (Å²) in [6, 6.07) is 21.7. The Hall–Kier alpha value is -3.28. The number of hydrogen-bond donors (Lipinski definition) is 4. The van der Waals surface area contributed by atoms with Gasteiger partial charge in [-0.05, 0) is 50.2 Å². The molecule has 0 aromatic heterocycles. The fraction of sp³-hybridized carbons (Fsp3) is 0.0870. The highest BCUT2D eigenvalue weighted by atomic mass is 35.5. The molecule has 1 amide bonds. The number of carbonyl (C=O) groups is 1. The predicted molar refractivity (Wildman–Crippen MR) is 139 cm³/mol. The van der Waals surface area contributed by atoms with Crippen LogP contribution in [0.5, 0.6) is 0 Å². The van der Waals surface area contributed by atoms with Crippen LogP contribution < -0.4 is 10.9 Å². The van der Waals surface area contributed by atoms with E-state index in [2.05, 4.69) is 21.1 Å². The Morgan fingerprint density at radius 3 is 1.66 bits per heavy atom. The second-order valence-corrected chi connectivity index (χ2v) is 8.64. The van der Waals surface area contributed by atoms with E-state index >= 15 is 0 Å². The molecule has 35 heavy (non-hydrogen) atoms. The van der Waals surface area contributed by atoms with Crippen LogP contribution in [0.25, 0.3) is 0 Å². The fourth-order valence-corrected chi connectivity index (χ4v) is 3.22. The summed E-state index contributed by atoms with van der Waals surface area (Å²) in [7, 11) is -4.67. The lowest BCUT2D eigenvalue weighted by atomic mass is 10.1. The number of carbonyl (C=O) groups excluding carboxylic acids is 1. The van der Waals surface area contributed by atoms with Crippen molar-refractivity contribution in [2.45, 2.75) is 13.8 Å². The summed E-state index contributed by atoms with van der Waals surface area (Å²) in [6.07, 6.45) is 0. The summed E-state index contributed by atoms with van der Waals surface area (Å²) in [6.45, 7) is 3.66. The molecule has 3 rings (SSSR count). The summed E-state index contributed by atoms with van der Waals surface area (Å²) < 4.78 is 31.6. The average Bonchev–Trinajstić information content (AvgIpc) is 2.80. The minimum absolute atomic E-state index is 0.316. The summed E-state index contributed by atoms with van der Waals surface area (Å²) in [5, 5.41) is 9.71. The Morgan fingerprint density at radius 2 is 1.20 bits per heavy atom.